The molecule has 0 radical (unpaired) electrons. The van der Waals surface area contributed by atoms with Crippen molar-refractivity contribution >= 4 is 28.7 Å². The molecule has 0 fully saturated rings. The Kier molecular flexibility index (Phi) is 6.11. The molecule has 24 heavy (non-hydrogen) atoms. The summed E-state index contributed by atoms with van der Waals surface area (Å²) in [6, 6.07) is 25.5. The van der Waals surface area contributed by atoms with Gasteiger partial charge in [0.05, 0.1) is 4.21 Å². The summed E-state index contributed by atoms with van der Waals surface area (Å²) in [5.74, 6) is 0. The highest BCUT2D eigenvalue weighted by Crippen LogP contribution is 2.33. The zero-order valence-corrected chi connectivity index (χ0v) is 15.1. The van der Waals surface area contributed by atoms with E-state index in [0.717, 1.165) is 6.42 Å². The van der Waals surface area contributed by atoms with E-state index in [1.807, 2.05) is 17.8 Å². The summed E-state index contributed by atoms with van der Waals surface area (Å²) >= 11 is 3.70. The lowest BCUT2D eigenvalue weighted by atomic mass is 9.96. The van der Waals surface area contributed by atoms with Crippen LogP contribution in [0.5, 0.6) is 0 Å². The van der Waals surface area contributed by atoms with Crippen LogP contribution in [0.15, 0.2) is 101 Å². The van der Waals surface area contributed by atoms with E-state index in [4.69, 9.17) is 0 Å². The van der Waals surface area contributed by atoms with Gasteiger partial charge in [-0.1, -0.05) is 78.9 Å². The third kappa shape index (κ3) is 4.50. The Bertz CT molecular complexity index is 730. The fourth-order valence-electron chi connectivity index (χ4n) is 2.57. The highest BCUT2D eigenvalue weighted by molar-refractivity contribution is 8.01. The standard InChI is InChI=1S/C22H20S2/c1-2-10-20(24-22-15-9-16-23-22)17-21(18-11-5-3-6-12-18)19-13-7-4-8-14-19/h2-9,11-17,20H,1,10H2. The molecule has 0 saturated carbocycles. The van der Waals surface area contributed by atoms with Crippen molar-refractivity contribution in [3.05, 3.63) is 108 Å². The number of allylic oxidation sites excluding steroid dienone is 1. The van der Waals surface area contributed by atoms with Gasteiger partial charge in [0.15, 0.2) is 0 Å². The molecule has 0 amide bonds. The van der Waals surface area contributed by atoms with Crippen LogP contribution in [0.1, 0.15) is 17.5 Å². The predicted molar refractivity (Wildman–Crippen MR) is 109 cm³/mol. The van der Waals surface area contributed by atoms with Crippen LogP contribution >= 0.6 is 23.1 Å². The maximum absolute atomic E-state index is 3.94. The fourth-order valence-corrected chi connectivity index (χ4v) is 4.67. The van der Waals surface area contributed by atoms with Crippen LogP contribution < -0.4 is 0 Å². The van der Waals surface area contributed by atoms with Crippen LogP contribution in [0.2, 0.25) is 0 Å². The zero-order chi connectivity index (χ0) is 16.6. The molecule has 1 aromatic heterocycles. The third-order valence-electron chi connectivity index (χ3n) is 3.68. The first-order valence-electron chi connectivity index (χ1n) is 8.00. The Morgan fingerprint density at radius 1 is 0.917 bits per heavy atom. The molecule has 1 heterocycles. The number of thioether (sulfide) groups is 1. The van der Waals surface area contributed by atoms with Gasteiger partial charge in [-0.2, -0.15) is 0 Å². The number of rotatable bonds is 7. The molecule has 0 aliphatic heterocycles. The third-order valence-corrected chi connectivity index (χ3v) is 5.92. The summed E-state index contributed by atoms with van der Waals surface area (Å²) in [5.41, 5.74) is 3.79. The SMILES string of the molecule is C=CCC(C=C(c1ccccc1)c1ccccc1)Sc1cccs1. The summed E-state index contributed by atoms with van der Waals surface area (Å²) in [4.78, 5) is 0. The van der Waals surface area contributed by atoms with Crippen molar-refractivity contribution in [2.75, 3.05) is 0 Å². The molecule has 2 aromatic carbocycles. The molecular weight excluding hydrogens is 328 g/mol. The second-order valence-electron chi connectivity index (χ2n) is 5.43. The first-order valence-corrected chi connectivity index (χ1v) is 9.76. The Labute approximate surface area is 152 Å². The number of thiophene rings is 1. The minimum atomic E-state index is 0.372. The van der Waals surface area contributed by atoms with Gasteiger partial charge in [-0.3, -0.25) is 0 Å². The lowest BCUT2D eigenvalue weighted by Gasteiger charge is -2.14. The van der Waals surface area contributed by atoms with Crippen LogP contribution in [0.3, 0.4) is 0 Å². The van der Waals surface area contributed by atoms with E-state index in [1.165, 1.54) is 20.9 Å². The first-order chi connectivity index (χ1) is 11.9. The number of benzene rings is 2. The van der Waals surface area contributed by atoms with Gasteiger partial charge in [0, 0.05) is 5.25 Å². The maximum atomic E-state index is 3.94. The highest BCUT2D eigenvalue weighted by Gasteiger charge is 2.11. The Morgan fingerprint density at radius 3 is 2.04 bits per heavy atom. The molecule has 3 rings (SSSR count). The molecule has 0 spiro atoms. The van der Waals surface area contributed by atoms with E-state index < -0.39 is 0 Å². The lowest BCUT2D eigenvalue weighted by Crippen LogP contribution is -1.99. The molecule has 3 aromatic rings. The van der Waals surface area contributed by atoms with Gasteiger partial charge in [0.1, 0.15) is 0 Å². The zero-order valence-electron chi connectivity index (χ0n) is 13.5. The largest absolute Gasteiger partial charge is 0.137 e. The smallest absolute Gasteiger partial charge is 0.0604 e. The van der Waals surface area contributed by atoms with Gasteiger partial charge in [0.2, 0.25) is 0 Å². The van der Waals surface area contributed by atoms with Crippen LogP contribution in [0.25, 0.3) is 5.57 Å². The molecule has 0 nitrogen and oxygen atoms in total. The fraction of sp³-hybridized carbons (Fsp3) is 0.0909. The van der Waals surface area contributed by atoms with E-state index in [2.05, 4.69) is 90.8 Å². The van der Waals surface area contributed by atoms with Gasteiger partial charge < -0.3 is 0 Å². The topological polar surface area (TPSA) is 0 Å². The van der Waals surface area contributed by atoms with Gasteiger partial charge in [-0.25, -0.2) is 0 Å². The molecule has 0 saturated heterocycles. The predicted octanol–water partition coefficient (Wildman–Crippen LogP) is 6.92. The van der Waals surface area contributed by atoms with Crippen LogP contribution in [-0.2, 0) is 0 Å². The molecule has 0 aliphatic carbocycles. The van der Waals surface area contributed by atoms with Crippen LogP contribution in [0, 0.1) is 0 Å². The quantitative estimate of drug-likeness (QED) is 0.330. The minimum Gasteiger partial charge on any atom is -0.137 e. The average Bonchev–Trinajstić information content (AvgIpc) is 3.14. The Morgan fingerprint density at radius 2 is 1.54 bits per heavy atom. The maximum Gasteiger partial charge on any atom is 0.0604 e. The molecular formula is C22H20S2. The normalized spacial score (nSPS) is 11.7. The summed E-state index contributed by atoms with van der Waals surface area (Å²) in [5, 5.41) is 2.50. The molecule has 120 valence electrons. The molecule has 0 aliphatic rings. The van der Waals surface area contributed by atoms with Gasteiger partial charge in [0.25, 0.3) is 0 Å². The molecule has 1 atom stereocenters. The monoisotopic (exact) mass is 348 g/mol. The van der Waals surface area contributed by atoms with E-state index in [1.54, 1.807) is 11.3 Å². The van der Waals surface area contributed by atoms with Crippen molar-refractivity contribution in [2.24, 2.45) is 0 Å². The second kappa shape index (κ2) is 8.72. The van der Waals surface area contributed by atoms with Gasteiger partial charge >= 0.3 is 0 Å². The molecule has 2 heteroatoms. The molecule has 0 N–H and O–H groups in total. The summed E-state index contributed by atoms with van der Waals surface area (Å²) < 4.78 is 1.35. The van der Waals surface area contributed by atoms with Gasteiger partial charge in [-0.15, -0.1) is 29.7 Å². The van der Waals surface area contributed by atoms with Crippen molar-refractivity contribution in [1.82, 2.24) is 0 Å². The van der Waals surface area contributed by atoms with Crippen molar-refractivity contribution < 1.29 is 0 Å². The minimum absolute atomic E-state index is 0.372. The number of hydrogen-bond acceptors (Lipinski definition) is 2. The van der Waals surface area contributed by atoms with Crippen molar-refractivity contribution in [3.63, 3.8) is 0 Å². The number of hydrogen-bond donors (Lipinski definition) is 0. The first kappa shape index (κ1) is 16.8. The van der Waals surface area contributed by atoms with E-state index in [9.17, 15) is 0 Å². The van der Waals surface area contributed by atoms with E-state index >= 15 is 0 Å². The average molecular weight is 349 g/mol. The summed E-state index contributed by atoms with van der Waals surface area (Å²) in [6.07, 6.45) is 5.35. The van der Waals surface area contributed by atoms with Gasteiger partial charge in [-0.05, 0) is 34.6 Å². The molecule has 1 unspecified atom stereocenters. The van der Waals surface area contributed by atoms with Crippen molar-refractivity contribution in [2.45, 2.75) is 15.9 Å². The highest BCUT2D eigenvalue weighted by atomic mass is 32.2. The van der Waals surface area contributed by atoms with Crippen molar-refractivity contribution in [1.29, 1.82) is 0 Å². The lowest BCUT2D eigenvalue weighted by molar-refractivity contribution is 1.08. The second-order valence-corrected chi connectivity index (χ2v) is 7.91. The summed E-state index contributed by atoms with van der Waals surface area (Å²) in [6.45, 7) is 3.94. The summed E-state index contributed by atoms with van der Waals surface area (Å²) in [7, 11) is 0. The van der Waals surface area contributed by atoms with E-state index in [-0.39, 0.29) is 0 Å². The van der Waals surface area contributed by atoms with Crippen molar-refractivity contribution in [3.8, 4) is 0 Å². The van der Waals surface area contributed by atoms with Crippen LogP contribution in [0.4, 0.5) is 0 Å². The Balaban J connectivity index is 1.98. The molecule has 0 bridgehead atoms. The van der Waals surface area contributed by atoms with Crippen LogP contribution in [-0.4, -0.2) is 5.25 Å². The Hall–Kier alpha value is -2.03. The van der Waals surface area contributed by atoms with E-state index in [0.29, 0.717) is 5.25 Å².